The Morgan fingerprint density at radius 1 is 1.07 bits per heavy atom. The molecule has 0 unspecified atom stereocenters. The first-order valence-corrected chi connectivity index (χ1v) is 8.74. The quantitative estimate of drug-likeness (QED) is 0.764. The molecule has 0 bridgehead atoms. The van der Waals surface area contributed by atoms with Crippen LogP contribution < -0.4 is 5.32 Å². The van der Waals surface area contributed by atoms with E-state index in [2.05, 4.69) is 5.32 Å². The third-order valence-corrected chi connectivity index (χ3v) is 4.36. The summed E-state index contributed by atoms with van der Waals surface area (Å²) in [6, 6.07) is 12.2. The lowest BCUT2D eigenvalue weighted by Gasteiger charge is -2.34. The lowest BCUT2D eigenvalue weighted by Crippen LogP contribution is -2.49. The zero-order valence-electron chi connectivity index (χ0n) is 15.9. The molecule has 2 rings (SSSR count). The molecule has 27 heavy (non-hydrogen) atoms. The third kappa shape index (κ3) is 4.90. The highest BCUT2D eigenvalue weighted by Gasteiger charge is 2.40. The molecule has 2 aromatic rings. The van der Waals surface area contributed by atoms with Gasteiger partial charge < -0.3 is 10.2 Å². The second kappa shape index (κ2) is 8.29. The maximum atomic E-state index is 13.8. The van der Waals surface area contributed by atoms with Gasteiger partial charge in [0.25, 0.3) is 0 Å². The number of nitrogens with zero attached hydrogens (tertiary/aromatic N) is 1. The molecular formula is C21H24F2N2O2. The molecule has 4 nitrogen and oxygen atoms in total. The van der Waals surface area contributed by atoms with E-state index in [1.165, 1.54) is 13.8 Å². The highest BCUT2D eigenvalue weighted by atomic mass is 19.1. The minimum atomic E-state index is -1.43. The average Bonchev–Trinajstić information content (AvgIpc) is 2.62. The van der Waals surface area contributed by atoms with Crippen LogP contribution >= 0.6 is 0 Å². The van der Waals surface area contributed by atoms with Crippen LogP contribution in [0.5, 0.6) is 0 Å². The molecule has 0 saturated carbocycles. The Labute approximate surface area is 158 Å². The Bertz CT molecular complexity index is 820. The highest BCUT2D eigenvalue weighted by Crippen LogP contribution is 2.25. The van der Waals surface area contributed by atoms with Gasteiger partial charge >= 0.3 is 0 Å². The van der Waals surface area contributed by atoms with E-state index in [9.17, 15) is 18.4 Å². The van der Waals surface area contributed by atoms with Gasteiger partial charge in [0, 0.05) is 18.7 Å². The van der Waals surface area contributed by atoms with Crippen LogP contribution in [0.15, 0.2) is 48.5 Å². The van der Waals surface area contributed by atoms with Gasteiger partial charge in [-0.1, -0.05) is 30.3 Å². The summed E-state index contributed by atoms with van der Waals surface area (Å²) in [5.41, 5.74) is -0.651. The van der Waals surface area contributed by atoms with Crippen LogP contribution in [-0.2, 0) is 16.1 Å². The molecular weight excluding hydrogens is 350 g/mol. The van der Waals surface area contributed by atoms with Crippen molar-refractivity contribution < 1.29 is 18.4 Å². The van der Waals surface area contributed by atoms with Crippen LogP contribution in [0.2, 0.25) is 0 Å². The largest absolute Gasteiger partial charge is 0.335 e. The average molecular weight is 374 g/mol. The van der Waals surface area contributed by atoms with Crippen LogP contribution in [0.4, 0.5) is 14.5 Å². The first-order chi connectivity index (χ1) is 12.6. The van der Waals surface area contributed by atoms with Crippen LogP contribution in [0.3, 0.4) is 0 Å². The van der Waals surface area contributed by atoms with Gasteiger partial charge in [-0.25, -0.2) is 8.78 Å². The van der Waals surface area contributed by atoms with Crippen LogP contribution in [0.25, 0.3) is 0 Å². The van der Waals surface area contributed by atoms with E-state index in [0.29, 0.717) is 12.6 Å². The summed E-state index contributed by atoms with van der Waals surface area (Å²) in [7, 11) is 0. The Balaban J connectivity index is 2.20. The number of anilines is 1. The van der Waals surface area contributed by atoms with E-state index < -0.39 is 23.0 Å². The number of nitrogens with one attached hydrogen (secondary N) is 1. The summed E-state index contributed by atoms with van der Waals surface area (Å²) in [5.74, 6) is -2.66. The Morgan fingerprint density at radius 3 is 2.26 bits per heavy atom. The molecule has 144 valence electrons. The smallest absolute Gasteiger partial charge is 0.239 e. The van der Waals surface area contributed by atoms with Crippen LogP contribution in [-0.4, -0.2) is 22.8 Å². The minimum Gasteiger partial charge on any atom is -0.335 e. The molecule has 2 amide bonds. The van der Waals surface area contributed by atoms with E-state index in [4.69, 9.17) is 0 Å². The number of benzene rings is 2. The molecule has 0 atom stereocenters. The van der Waals surface area contributed by atoms with Gasteiger partial charge in [0.2, 0.25) is 11.8 Å². The molecule has 0 heterocycles. The van der Waals surface area contributed by atoms with E-state index in [0.717, 1.165) is 17.7 Å². The highest BCUT2D eigenvalue weighted by molar-refractivity contribution is 6.09. The van der Waals surface area contributed by atoms with E-state index in [1.54, 1.807) is 4.90 Å². The number of halogens is 2. The Kier molecular flexibility index (Phi) is 6.31. The number of carbonyl (C=O) groups is 2. The lowest BCUT2D eigenvalue weighted by atomic mass is 9.89. The molecule has 0 spiro atoms. The van der Waals surface area contributed by atoms with E-state index >= 15 is 0 Å². The number of amides is 2. The zero-order chi connectivity index (χ0) is 20.2. The van der Waals surface area contributed by atoms with E-state index in [1.807, 2.05) is 44.2 Å². The number of hydrogen-bond donors (Lipinski definition) is 1. The van der Waals surface area contributed by atoms with Gasteiger partial charge in [-0.2, -0.15) is 0 Å². The SMILES string of the molecule is CC(C)N(Cc1ccccc1)C(=O)C(C)(C)C(=O)Nc1ccc(F)cc1F. The lowest BCUT2D eigenvalue weighted by molar-refractivity contribution is -0.148. The van der Waals surface area contributed by atoms with Crippen molar-refractivity contribution in [2.75, 3.05) is 5.32 Å². The number of carbonyl (C=O) groups excluding carboxylic acids is 2. The monoisotopic (exact) mass is 374 g/mol. The van der Waals surface area contributed by atoms with Crippen molar-refractivity contribution >= 4 is 17.5 Å². The summed E-state index contributed by atoms with van der Waals surface area (Å²) < 4.78 is 26.9. The van der Waals surface area contributed by atoms with Gasteiger partial charge in [0.15, 0.2) is 0 Å². The first-order valence-electron chi connectivity index (χ1n) is 8.74. The molecule has 0 aliphatic heterocycles. The molecule has 2 aromatic carbocycles. The fourth-order valence-electron chi connectivity index (χ4n) is 2.59. The predicted octanol–water partition coefficient (Wildman–Crippen LogP) is 4.37. The topological polar surface area (TPSA) is 49.4 Å². The fraction of sp³-hybridized carbons (Fsp3) is 0.333. The second-order valence-electron chi connectivity index (χ2n) is 7.22. The second-order valence-corrected chi connectivity index (χ2v) is 7.22. The summed E-state index contributed by atoms with van der Waals surface area (Å²) in [4.78, 5) is 27.4. The van der Waals surface area contributed by atoms with Crippen molar-refractivity contribution in [3.05, 3.63) is 65.7 Å². The first kappa shape index (κ1) is 20.6. The van der Waals surface area contributed by atoms with Crippen LogP contribution in [0.1, 0.15) is 33.3 Å². The van der Waals surface area contributed by atoms with Gasteiger partial charge in [-0.15, -0.1) is 0 Å². The van der Waals surface area contributed by atoms with Gasteiger partial charge in [-0.3, -0.25) is 9.59 Å². The van der Waals surface area contributed by atoms with E-state index in [-0.39, 0.29) is 17.6 Å². The Hall–Kier alpha value is -2.76. The molecule has 1 N–H and O–H groups in total. The van der Waals surface area contributed by atoms with Gasteiger partial charge in [-0.05, 0) is 45.4 Å². The van der Waals surface area contributed by atoms with Gasteiger partial charge in [0.05, 0.1) is 5.69 Å². The van der Waals surface area contributed by atoms with Crippen molar-refractivity contribution in [1.29, 1.82) is 0 Å². The van der Waals surface area contributed by atoms with Crippen molar-refractivity contribution in [1.82, 2.24) is 4.90 Å². The molecule has 0 radical (unpaired) electrons. The Morgan fingerprint density at radius 2 is 1.70 bits per heavy atom. The summed E-state index contributed by atoms with van der Waals surface area (Å²) in [6.07, 6.45) is 0. The molecule has 0 fully saturated rings. The standard InChI is InChI=1S/C21H24F2N2O2/c1-14(2)25(13-15-8-6-5-7-9-15)20(27)21(3,4)19(26)24-18-11-10-16(22)12-17(18)23/h5-12,14H,13H2,1-4H3,(H,24,26). The van der Waals surface area contributed by atoms with Crippen molar-refractivity contribution in [3.8, 4) is 0 Å². The zero-order valence-corrected chi connectivity index (χ0v) is 15.9. The molecule has 0 aliphatic carbocycles. The van der Waals surface area contributed by atoms with Crippen molar-refractivity contribution in [2.45, 2.75) is 40.3 Å². The minimum absolute atomic E-state index is 0.132. The third-order valence-electron chi connectivity index (χ3n) is 4.36. The predicted molar refractivity (Wildman–Crippen MR) is 101 cm³/mol. The molecule has 0 aliphatic rings. The number of rotatable bonds is 6. The van der Waals surface area contributed by atoms with Crippen molar-refractivity contribution in [2.24, 2.45) is 5.41 Å². The normalized spacial score (nSPS) is 11.4. The summed E-state index contributed by atoms with van der Waals surface area (Å²) >= 11 is 0. The summed E-state index contributed by atoms with van der Waals surface area (Å²) in [5, 5.41) is 2.39. The van der Waals surface area contributed by atoms with Crippen LogP contribution in [0, 0.1) is 17.0 Å². The number of hydrogen-bond acceptors (Lipinski definition) is 2. The molecule has 6 heteroatoms. The van der Waals surface area contributed by atoms with Gasteiger partial charge in [0.1, 0.15) is 17.0 Å². The maximum absolute atomic E-state index is 13.8. The van der Waals surface area contributed by atoms with Crippen molar-refractivity contribution in [3.63, 3.8) is 0 Å². The maximum Gasteiger partial charge on any atom is 0.239 e. The molecule has 0 saturated heterocycles. The fourth-order valence-corrected chi connectivity index (χ4v) is 2.59. The summed E-state index contributed by atoms with van der Waals surface area (Å²) in [6.45, 7) is 7.08. The molecule has 0 aromatic heterocycles.